The molecule has 1 heterocycles. The van der Waals surface area contributed by atoms with E-state index >= 15 is 0 Å². The maximum absolute atomic E-state index is 11.2. The number of carbonyl (C=O) groups is 1. The number of rotatable bonds is 1. The number of piperidine rings is 1. The van der Waals surface area contributed by atoms with Crippen molar-refractivity contribution in [2.45, 2.75) is 38.8 Å². The fourth-order valence-corrected chi connectivity index (χ4v) is 1.78. The number of carbonyl (C=O) groups excluding carboxylic acids is 1. The minimum absolute atomic E-state index is 0.197. The lowest BCUT2D eigenvalue weighted by molar-refractivity contribution is -0.132. The minimum Gasteiger partial charge on any atom is -0.339 e. The van der Waals surface area contributed by atoms with Gasteiger partial charge >= 0.3 is 0 Å². The number of likely N-dealkylation sites (tertiary alicyclic amines) is 1. The Kier molecular flexibility index (Phi) is 3.09. The highest BCUT2D eigenvalue weighted by Crippen LogP contribution is 2.16. The molecule has 1 aliphatic heterocycles. The number of hydrogen-bond acceptors (Lipinski definition) is 2. The van der Waals surface area contributed by atoms with Gasteiger partial charge in [0.15, 0.2) is 0 Å². The molecule has 2 atom stereocenters. The van der Waals surface area contributed by atoms with Gasteiger partial charge in [-0.2, -0.15) is 0 Å². The summed E-state index contributed by atoms with van der Waals surface area (Å²) in [5, 5.41) is 3.22. The predicted molar refractivity (Wildman–Crippen MR) is 48.9 cm³/mol. The van der Waals surface area contributed by atoms with Crippen LogP contribution in [-0.4, -0.2) is 36.5 Å². The van der Waals surface area contributed by atoms with Gasteiger partial charge in [-0.25, -0.2) is 0 Å². The second kappa shape index (κ2) is 3.90. The van der Waals surface area contributed by atoms with Crippen LogP contribution in [0.15, 0.2) is 0 Å². The Morgan fingerprint density at radius 1 is 1.50 bits per heavy atom. The van der Waals surface area contributed by atoms with Crippen molar-refractivity contribution in [1.82, 2.24) is 10.2 Å². The summed E-state index contributed by atoms with van der Waals surface area (Å²) in [5.74, 6) is 0.197. The van der Waals surface area contributed by atoms with Crippen LogP contribution in [-0.2, 0) is 4.79 Å². The zero-order valence-electron chi connectivity index (χ0n) is 8.13. The van der Waals surface area contributed by atoms with Crippen molar-refractivity contribution in [3.05, 3.63) is 0 Å². The molecule has 0 aromatic carbocycles. The van der Waals surface area contributed by atoms with Gasteiger partial charge in [-0.1, -0.05) is 0 Å². The van der Waals surface area contributed by atoms with E-state index in [-0.39, 0.29) is 5.91 Å². The molecule has 0 saturated carbocycles. The normalized spacial score (nSPS) is 30.4. The lowest BCUT2D eigenvalue weighted by Gasteiger charge is -2.37. The van der Waals surface area contributed by atoms with E-state index in [1.54, 1.807) is 6.92 Å². The molecule has 1 aliphatic rings. The molecule has 0 aliphatic carbocycles. The molecule has 0 radical (unpaired) electrons. The molecule has 0 aromatic heterocycles. The number of nitrogens with one attached hydrogen (secondary N) is 1. The zero-order chi connectivity index (χ0) is 9.14. The zero-order valence-corrected chi connectivity index (χ0v) is 8.13. The Labute approximate surface area is 74.1 Å². The molecule has 2 unspecified atom stereocenters. The molecule has 0 bridgehead atoms. The highest BCUT2D eigenvalue weighted by atomic mass is 16.2. The van der Waals surface area contributed by atoms with Gasteiger partial charge in [0.2, 0.25) is 5.91 Å². The molecule has 1 saturated heterocycles. The van der Waals surface area contributed by atoms with Crippen LogP contribution in [0, 0.1) is 0 Å². The van der Waals surface area contributed by atoms with Crippen molar-refractivity contribution in [3.63, 3.8) is 0 Å². The quantitative estimate of drug-likeness (QED) is 0.625. The topological polar surface area (TPSA) is 32.3 Å². The smallest absolute Gasteiger partial charge is 0.219 e. The molecule has 0 spiro atoms. The third-order valence-electron chi connectivity index (χ3n) is 2.69. The van der Waals surface area contributed by atoms with Crippen LogP contribution in [0.3, 0.4) is 0 Å². The fourth-order valence-electron chi connectivity index (χ4n) is 1.78. The van der Waals surface area contributed by atoms with Crippen LogP contribution in [0.5, 0.6) is 0 Å². The summed E-state index contributed by atoms with van der Waals surface area (Å²) in [4.78, 5) is 13.1. The highest BCUT2D eigenvalue weighted by molar-refractivity contribution is 5.73. The van der Waals surface area contributed by atoms with Crippen LogP contribution >= 0.6 is 0 Å². The standard InChI is InChI=1S/C9H18N2O/c1-7-4-5-9(10-3)6-11(7)8(2)12/h7,9-10H,4-6H2,1-3H3. The van der Waals surface area contributed by atoms with E-state index in [0.717, 1.165) is 13.0 Å². The summed E-state index contributed by atoms with van der Waals surface area (Å²) in [6.45, 7) is 4.63. The molecule has 1 rings (SSSR count). The molecule has 12 heavy (non-hydrogen) atoms. The number of amides is 1. The SMILES string of the molecule is CNC1CCC(C)N(C(C)=O)C1. The largest absolute Gasteiger partial charge is 0.339 e. The van der Waals surface area contributed by atoms with Crippen molar-refractivity contribution >= 4 is 5.91 Å². The van der Waals surface area contributed by atoms with Crippen LogP contribution in [0.2, 0.25) is 0 Å². The first-order valence-electron chi connectivity index (χ1n) is 4.59. The Hall–Kier alpha value is -0.570. The van der Waals surface area contributed by atoms with Gasteiger partial charge < -0.3 is 10.2 Å². The van der Waals surface area contributed by atoms with Gasteiger partial charge in [0.1, 0.15) is 0 Å². The summed E-state index contributed by atoms with van der Waals surface area (Å²) in [5.41, 5.74) is 0. The molecule has 1 N–H and O–H groups in total. The summed E-state index contributed by atoms with van der Waals surface area (Å²) in [6.07, 6.45) is 2.30. The molecule has 0 aromatic rings. The summed E-state index contributed by atoms with van der Waals surface area (Å²) in [7, 11) is 1.96. The van der Waals surface area contributed by atoms with E-state index in [2.05, 4.69) is 12.2 Å². The first-order valence-corrected chi connectivity index (χ1v) is 4.59. The average Bonchev–Trinajstić information content (AvgIpc) is 2.05. The highest BCUT2D eigenvalue weighted by Gasteiger charge is 2.25. The van der Waals surface area contributed by atoms with Crippen molar-refractivity contribution in [3.8, 4) is 0 Å². The third kappa shape index (κ3) is 1.97. The monoisotopic (exact) mass is 170 g/mol. The van der Waals surface area contributed by atoms with Crippen molar-refractivity contribution < 1.29 is 4.79 Å². The summed E-state index contributed by atoms with van der Waals surface area (Å²) >= 11 is 0. The van der Waals surface area contributed by atoms with Crippen LogP contribution in [0.1, 0.15) is 26.7 Å². The van der Waals surface area contributed by atoms with E-state index in [4.69, 9.17) is 0 Å². The lowest BCUT2D eigenvalue weighted by Crippen LogP contribution is -2.50. The predicted octanol–water partition coefficient (Wildman–Crippen LogP) is 0.605. The fraction of sp³-hybridized carbons (Fsp3) is 0.889. The van der Waals surface area contributed by atoms with Crippen molar-refractivity contribution in [2.75, 3.05) is 13.6 Å². The lowest BCUT2D eigenvalue weighted by atomic mass is 9.99. The van der Waals surface area contributed by atoms with E-state index in [9.17, 15) is 4.79 Å². The number of hydrogen-bond donors (Lipinski definition) is 1. The Morgan fingerprint density at radius 3 is 2.67 bits per heavy atom. The van der Waals surface area contributed by atoms with Crippen molar-refractivity contribution in [1.29, 1.82) is 0 Å². The Balaban J connectivity index is 2.53. The molecule has 3 nitrogen and oxygen atoms in total. The molecular weight excluding hydrogens is 152 g/mol. The van der Waals surface area contributed by atoms with E-state index in [0.29, 0.717) is 12.1 Å². The first kappa shape index (κ1) is 9.52. The van der Waals surface area contributed by atoms with Gasteiger partial charge in [0.25, 0.3) is 0 Å². The van der Waals surface area contributed by atoms with E-state index < -0.39 is 0 Å². The molecule has 1 amide bonds. The summed E-state index contributed by atoms with van der Waals surface area (Å²) < 4.78 is 0. The second-order valence-electron chi connectivity index (χ2n) is 3.58. The number of likely N-dealkylation sites (N-methyl/N-ethyl adjacent to an activating group) is 1. The Morgan fingerprint density at radius 2 is 2.17 bits per heavy atom. The van der Waals surface area contributed by atoms with Gasteiger partial charge in [0, 0.05) is 25.6 Å². The average molecular weight is 170 g/mol. The van der Waals surface area contributed by atoms with Gasteiger partial charge in [-0.05, 0) is 26.8 Å². The third-order valence-corrected chi connectivity index (χ3v) is 2.69. The van der Waals surface area contributed by atoms with Crippen LogP contribution in [0.4, 0.5) is 0 Å². The maximum Gasteiger partial charge on any atom is 0.219 e. The Bertz CT molecular complexity index is 170. The molecule has 70 valence electrons. The van der Waals surface area contributed by atoms with E-state index in [1.807, 2.05) is 11.9 Å². The molecule has 3 heteroatoms. The number of nitrogens with zero attached hydrogens (tertiary/aromatic N) is 1. The summed E-state index contributed by atoms with van der Waals surface area (Å²) in [6, 6.07) is 0.914. The molecular formula is C9H18N2O. The maximum atomic E-state index is 11.2. The van der Waals surface area contributed by atoms with Gasteiger partial charge in [-0.15, -0.1) is 0 Å². The van der Waals surface area contributed by atoms with Crippen molar-refractivity contribution in [2.24, 2.45) is 0 Å². The second-order valence-corrected chi connectivity index (χ2v) is 3.58. The van der Waals surface area contributed by atoms with Gasteiger partial charge in [0.05, 0.1) is 0 Å². The minimum atomic E-state index is 0.197. The molecule has 1 fully saturated rings. The first-order chi connectivity index (χ1) is 5.65. The van der Waals surface area contributed by atoms with Crippen LogP contribution in [0.25, 0.3) is 0 Å². The van der Waals surface area contributed by atoms with Crippen LogP contribution < -0.4 is 5.32 Å². The van der Waals surface area contributed by atoms with Gasteiger partial charge in [-0.3, -0.25) is 4.79 Å². The van der Waals surface area contributed by atoms with E-state index in [1.165, 1.54) is 6.42 Å².